The minimum absolute atomic E-state index is 0.0192. The molecule has 1 aliphatic carbocycles. The normalized spacial score (nSPS) is 19.2. The van der Waals surface area contributed by atoms with Crippen LogP contribution in [0.2, 0.25) is 18.1 Å². The van der Waals surface area contributed by atoms with E-state index in [2.05, 4.69) is 67.1 Å². The van der Waals surface area contributed by atoms with Crippen molar-refractivity contribution in [2.24, 2.45) is 0 Å². The number of alkyl carbamates (subject to hydrolysis) is 1. The number of methoxy groups -OCH3 is 1. The third kappa shape index (κ3) is 7.09. The molecule has 2 aromatic heterocycles. The van der Waals surface area contributed by atoms with Crippen LogP contribution in [0.1, 0.15) is 96.6 Å². The van der Waals surface area contributed by atoms with Crippen molar-refractivity contribution in [3.8, 4) is 11.1 Å². The van der Waals surface area contributed by atoms with Crippen molar-refractivity contribution in [3.05, 3.63) is 35.5 Å². The van der Waals surface area contributed by atoms with E-state index in [0.717, 1.165) is 65.1 Å². The third-order valence-electron chi connectivity index (χ3n) is 8.80. The highest BCUT2D eigenvalue weighted by Crippen LogP contribution is 2.39. The van der Waals surface area contributed by atoms with Crippen LogP contribution in [0.25, 0.3) is 22.2 Å². The summed E-state index contributed by atoms with van der Waals surface area (Å²) in [6.45, 7) is 20.9. The summed E-state index contributed by atoms with van der Waals surface area (Å²) in [4.78, 5) is 18.4. The van der Waals surface area contributed by atoms with Gasteiger partial charge in [0.15, 0.2) is 8.32 Å². The van der Waals surface area contributed by atoms with Crippen LogP contribution in [-0.4, -0.2) is 54.5 Å². The van der Waals surface area contributed by atoms with Gasteiger partial charge >= 0.3 is 6.09 Å². The molecule has 0 spiro atoms. The molecule has 232 valence electrons. The monoisotopic (exact) mass is 598 g/mol. The second-order valence-corrected chi connectivity index (χ2v) is 19.0. The van der Waals surface area contributed by atoms with Crippen molar-refractivity contribution in [2.45, 2.75) is 123 Å². The van der Waals surface area contributed by atoms with Crippen molar-refractivity contribution in [3.63, 3.8) is 0 Å². The SMILES string of the molecule is CO[C@H]1CC[C@H](n2c([C@@H](CO[Si](C)(C)C(C)(C)C)NC(=O)OC(C)(C)C)nc3cc(-c4c(C)noc4C)ccc32)CC1. The van der Waals surface area contributed by atoms with Crippen molar-refractivity contribution < 1.29 is 23.2 Å². The first-order chi connectivity index (χ1) is 19.5. The molecular weight excluding hydrogens is 548 g/mol. The summed E-state index contributed by atoms with van der Waals surface area (Å²) < 4.78 is 25.9. The van der Waals surface area contributed by atoms with Crippen LogP contribution in [0.4, 0.5) is 4.79 Å². The smallest absolute Gasteiger partial charge is 0.408 e. The molecule has 1 amide bonds. The van der Waals surface area contributed by atoms with Crippen molar-refractivity contribution in [1.82, 2.24) is 20.0 Å². The molecule has 10 heteroatoms. The molecule has 3 aromatic rings. The lowest BCUT2D eigenvalue weighted by atomic mass is 9.92. The van der Waals surface area contributed by atoms with Gasteiger partial charge in [0.2, 0.25) is 0 Å². The molecule has 2 heterocycles. The van der Waals surface area contributed by atoms with Gasteiger partial charge in [0.05, 0.1) is 29.4 Å². The van der Waals surface area contributed by atoms with Gasteiger partial charge in [-0.3, -0.25) is 0 Å². The zero-order valence-corrected chi connectivity index (χ0v) is 28.4. The molecule has 42 heavy (non-hydrogen) atoms. The van der Waals surface area contributed by atoms with Gasteiger partial charge < -0.3 is 28.3 Å². The molecule has 1 aliphatic rings. The molecule has 0 bridgehead atoms. The van der Waals surface area contributed by atoms with Gasteiger partial charge in [-0.25, -0.2) is 9.78 Å². The van der Waals surface area contributed by atoms with E-state index < -0.39 is 26.1 Å². The number of aromatic nitrogens is 3. The highest BCUT2D eigenvalue weighted by molar-refractivity contribution is 6.74. The maximum Gasteiger partial charge on any atom is 0.408 e. The molecule has 1 aromatic carbocycles. The number of imidazole rings is 1. The Bertz CT molecular complexity index is 1370. The minimum atomic E-state index is -2.13. The van der Waals surface area contributed by atoms with Crippen LogP contribution in [0.15, 0.2) is 22.7 Å². The predicted octanol–water partition coefficient (Wildman–Crippen LogP) is 8.03. The summed E-state index contributed by atoms with van der Waals surface area (Å²) in [5.74, 6) is 1.56. The topological polar surface area (TPSA) is 101 Å². The number of hydrogen-bond acceptors (Lipinski definition) is 7. The Balaban J connectivity index is 1.82. The molecule has 1 N–H and O–H groups in total. The number of rotatable bonds is 8. The summed E-state index contributed by atoms with van der Waals surface area (Å²) in [5, 5.41) is 7.31. The molecule has 4 rings (SSSR count). The highest BCUT2D eigenvalue weighted by Gasteiger charge is 2.39. The first kappa shape index (κ1) is 32.2. The van der Waals surface area contributed by atoms with Crippen molar-refractivity contribution in [1.29, 1.82) is 0 Å². The Morgan fingerprint density at radius 2 is 1.79 bits per heavy atom. The number of ether oxygens (including phenoxy) is 2. The molecule has 0 aliphatic heterocycles. The number of fused-ring (bicyclic) bond motifs is 1. The van der Waals surface area contributed by atoms with E-state index in [-0.39, 0.29) is 17.2 Å². The zero-order chi connectivity index (χ0) is 31.0. The summed E-state index contributed by atoms with van der Waals surface area (Å²) in [6.07, 6.45) is 3.66. The molecule has 1 atom stereocenters. The number of benzene rings is 1. The second kappa shape index (κ2) is 12.1. The van der Waals surface area contributed by atoms with E-state index in [1.807, 2.05) is 34.6 Å². The van der Waals surface area contributed by atoms with Gasteiger partial charge in [-0.05, 0) is 96.1 Å². The van der Waals surface area contributed by atoms with Gasteiger partial charge in [0.25, 0.3) is 0 Å². The quantitative estimate of drug-likeness (QED) is 0.262. The fourth-order valence-electron chi connectivity index (χ4n) is 5.48. The number of amides is 1. The number of carbonyl (C=O) groups is 1. The van der Waals surface area contributed by atoms with Crippen LogP contribution < -0.4 is 5.32 Å². The first-order valence-corrected chi connectivity index (χ1v) is 18.0. The number of hydrogen-bond donors (Lipinski definition) is 1. The largest absolute Gasteiger partial charge is 0.444 e. The lowest BCUT2D eigenvalue weighted by molar-refractivity contribution is 0.0473. The minimum Gasteiger partial charge on any atom is -0.444 e. The average Bonchev–Trinajstić information content (AvgIpc) is 3.43. The maximum absolute atomic E-state index is 13.2. The lowest BCUT2D eigenvalue weighted by Crippen LogP contribution is -2.45. The predicted molar refractivity (Wildman–Crippen MR) is 168 cm³/mol. The molecule has 0 unspecified atom stereocenters. The fraction of sp³-hybridized carbons (Fsp3) is 0.656. The molecule has 1 fully saturated rings. The standard InChI is InChI=1S/C32H50N4O5Si/c1-20-28(21(2)41-35-20)22-12-17-27-25(18-22)33-29(36(27)23-13-15-24(38-9)16-14-23)26(34-30(37)40-31(3,4)5)19-39-42(10,11)32(6,7)8/h12,17-18,23-24,26H,13-16,19H2,1-11H3,(H,34,37)/t23-,24-,26-/m1/s1. The Morgan fingerprint density at radius 1 is 1.12 bits per heavy atom. The van der Waals surface area contributed by atoms with Crippen molar-refractivity contribution in [2.75, 3.05) is 13.7 Å². The van der Waals surface area contributed by atoms with E-state index in [9.17, 15) is 4.79 Å². The van der Waals surface area contributed by atoms with Crippen LogP contribution in [0.5, 0.6) is 0 Å². The Morgan fingerprint density at radius 3 is 2.33 bits per heavy atom. The van der Waals surface area contributed by atoms with Gasteiger partial charge in [-0.2, -0.15) is 0 Å². The summed E-state index contributed by atoms with van der Waals surface area (Å²) in [7, 11) is -0.339. The van der Waals surface area contributed by atoms with Crippen LogP contribution in [-0.2, 0) is 13.9 Å². The first-order valence-electron chi connectivity index (χ1n) is 15.1. The number of nitrogens with zero attached hydrogens (tertiary/aromatic N) is 3. The van der Waals surface area contributed by atoms with E-state index in [0.29, 0.717) is 6.61 Å². The van der Waals surface area contributed by atoms with E-state index >= 15 is 0 Å². The molecule has 0 radical (unpaired) electrons. The Kier molecular flexibility index (Phi) is 9.30. The average molecular weight is 599 g/mol. The van der Waals surface area contributed by atoms with Gasteiger partial charge in [-0.15, -0.1) is 0 Å². The van der Waals surface area contributed by atoms with E-state index in [1.54, 1.807) is 7.11 Å². The van der Waals surface area contributed by atoms with Crippen molar-refractivity contribution >= 4 is 25.4 Å². The molecule has 0 saturated heterocycles. The molecule has 9 nitrogen and oxygen atoms in total. The molecular formula is C32H50N4O5Si. The van der Waals surface area contributed by atoms with E-state index in [1.165, 1.54) is 0 Å². The van der Waals surface area contributed by atoms with Gasteiger partial charge in [0, 0.05) is 18.7 Å². The van der Waals surface area contributed by atoms with Gasteiger partial charge in [-0.1, -0.05) is 32.0 Å². The Hall–Kier alpha value is -2.69. The Labute approximate surface area is 251 Å². The van der Waals surface area contributed by atoms with E-state index in [4.69, 9.17) is 23.4 Å². The molecule has 1 saturated carbocycles. The summed E-state index contributed by atoms with van der Waals surface area (Å²) >= 11 is 0. The fourth-order valence-corrected chi connectivity index (χ4v) is 6.49. The zero-order valence-electron chi connectivity index (χ0n) is 27.4. The van der Waals surface area contributed by atoms with Crippen LogP contribution in [0.3, 0.4) is 0 Å². The summed E-state index contributed by atoms with van der Waals surface area (Å²) in [6, 6.07) is 6.07. The highest BCUT2D eigenvalue weighted by atomic mass is 28.4. The number of carbonyl (C=O) groups excluding carboxylic acids is 1. The lowest BCUT2D eigenvalue weighted by Gasteiger charge is -2.37. The van der Waals surface area contributed by atoms with Gasteiger partial charge in [0.1, 0.15) is 23.2 Å². The van der Waals surface area contributed by atoms with Crippen LogP contribution in [0, 0.1) is 13.8 Å². The maximum atomic E-state index is 13.2. The summed E-state index contributed by atoms with van der Waals surface area (Å²) in [5.41, 5.74) is 4.10. The number of aryl methyl sites for hydroxylation is 2. The van der Waals surface area contributed by atoms with Crippen LogP contribution >= 0.6 is 0 Å². The third-order valence-corrected chi connectivity index (χ3v) is 13.3. The number of nitrogens with one attached hydrogen (secondary N) is 1. The second-order valence-electron chi connectivity index (χ2n) is 14.2.